The van der Waals surface area contributed by atoms with Gasteiger partial charge in [0.15, 0.2) is 0 Å². The van der Waals surface area contributed by atoms with Crippen LogP contribution in [0.15, 0.2) is 79.4 Å². The molecule has 0 N–H and O–H groups in total. The minimum absolute atomic E-state index is 0.178. The average molecular weight is 721 g/mol. The Kier molecular flexibility index (Phi) is 9.87. The van der Waals surface area contributed by atoms with Crippen LogP contribution in [0, 0.1) is 0 Å². The Hall–Kier alpha value is -4.36. The highest BCUT2D eigenvalue weighted by Gasteiger charge is 2.46. The number of hydrogen-bond donors (Lipinski definition) is 0. The number of benzene rings is 3. The first-order valence-corrected chi connectivity index (χ1v) is 17.6. The summed E-state index contributed by atoms with van der Waals surface area (Å²) in [6, 6.07) is 20.3. The largest absolute Gasteiger partial charge is 0.491 e. The normalized spacial score (nSPS) is 22.6. The number of anilines is 3. The van der Waals surface area contributed by atoms with E-state index in [0.29, 0.717) is 34.4 Å². The van der Waals surface area contributed by atoms with Crippen LogP contribution in [0.2, 0.25) is 10.0 Å². The van der Waals surface area contributed by atoms with Crippen LogP contribution in [0.5, 0.6) is 5.75 Å². The number of amides is 3. The van der Waals surface area contributed by atoms with Crippen molar-refractivity contribution in [2.45, 2.75) is 44.7 Å². The van der Waals surface area contributed by atoms with Crippen LogP contribution in [0.4, 0.5) is 21.9 Å². The molecule has 3 aliphatic rings. The molecular formula is C36H39Cl2N7O5. The molecule has 0 spiro atoms. The molecule has 0 aliphatic carbocycles. The molecule has 0 bridgehead atoms. The standard InChI is InChI=1S/C36H39Cl2N7O5/c1-3-14-44-25(2)34(46)45(35(44)47)29-7-5-27(6-8-29)41-15-17-42(18-16-41)28-9-11-30(12-10-28)48-20-31-21-49-36(50-31,22-43-24-39-23-40-43)32-13-4-26(37)19-33(32)38/h4-13,19,23-25,31H,3,14-18,20-22H2,1-2H3/t25?,31-,36-/m1/s1. The highest BCUT2D eigenvalue weighted by molar-refractivity contribution is 6.35. The van der Waals surface area contributed by atoms with Gasteiger partial charge in [-0.05, 0) is 74.0 Å². The third-order valence-electron chi connectivity index (χ3n) is 9.37. The number of aromatic nitrogens is 3. The Bertz CT molecular complexity index is 1800. The van der Waals surface area contributed by atoms with E-state index in [-0.39, 0.29) is 31.2 Å². The Morgan fingerprint density at radius 2 is 1.58 bits per heavy atom. The first-order chi connectivity index (χ1) is 24.2. The van der Waals surface area contributed by atoms with E-state index < -0.39 is 11.8 Å². The van der Waals surface area contributed by atoms with Crippen molar-refractivity contribution in [1.82, 2.24) is 19.7 Å². The lowest BCUT2D eigenvalue weighted by Crippen LogP contribution is -2.46. The van der Waals surface area contributed by atoms with Crippen molar-refractivity contribution in [2.24, 2.45) is 0 Å². The van der Waals surface area contributed by atoms with E-state index in [1.807, 2.05) is 49.4 Å². The minimum Gasteiger partial charge on any atom is -0.491 e. The van der Waals surface area contributed by atoms with Crippen molar-refractivity contribution in [1.29, 1.82) is 0 Å². The topological polar surface area (TPSA) is 106 Å². The highest BCUT2D eigenvalue weighted by Crippen LogP contribution is 2.40. The number of piperazine rings is 1. The van der Waals surface area contributed by atoms with Gasteiger partial charge >= 0.3 is 6.03 Å². The molecule has 7 rings (SSSR count). The maximum atomic E-state index is 12.9. The second kappa shape index (κ2) is 14.5. The Morgan fingerprint density at radius 3 is 2.20 bits per heavy atom. The highest BCUT2D eigenvalue weighted by atomic mass is 35.5. The van der Waals surface area contributed by atoms with E-state index in [0.717, 1.165) is 49.7 Å². The number of rotatable bonds is 11. The number of urea groups is 1. The molecular weight excluding hydrogens is 681 g/mol. The summed E-state index contributed by atoms with van der Waals surface area (Å²) in [6.07, 6.45) is 3.52. The lowest BCUT2D eigenvalue weighted by atomic mass is 10.1. The molecule has 4 heterocycles. The molecule has 3 aliphatic heterocycles. The van der Waals surface area contributed by atoms with Crippen LogP contribution in [-0.4, -0.2) is 89.7 Å². The second-order valence-corrected chi connectivity index (χ2v) is 13.5. The van der Waals surface area contributed by atoms with Gasteiger partial charge in [-0.25, -0.2) is 19.4 Å². The lowest BCUT2D eigenvalue weighted by Gasteiger charge is -2.37. The molecule has 1 aromatic heterocycles. The van der Waals surface area contributed by atoms with E-state index >= 15 is 0 Å². The fraction of sp³-hybridized carbons (Fsp3) is 0.389. The van der Waals surface area contributed by atoms with E-state index in [2.05, 4.69) is 32.0 Å². The number of ether oxygens (including phenoxy) is 3. The summed E-state index contributed by atoms with van der Waals surface area (Å²) < 4.78 is 20.5. The van der Waals surface area contributed by atoms with E-state index in [1.54, 1.807) is 35.0 Å². The summed E-state index contributed by atoms with van der Waals surface area (Å²) in [5, 5.41) is 5.19. The SMILES string of the molecule is CCCN1C(=O)N(c2ccc(N3CCN(c4ccc(OC[C@@H]5CO[C@@](Cn6cncn6)(c6ccc(Cl)cc6Cl)O5)cc4)CC3)cc2)C(=O)C1C. The van der Waals surface area contributed by atoms with Crippen LogP contribution in [0.25, 0.3) is 0 Å². The van der Waals surface area contributed by atoms with Crippen LogP contribution < -0.4 is 19.4 Å². The molecule has 3 aromatic carbocycles. The third kappa shape index (κ3) is 6.85. The lowest BCUT2D eigenvalue weighted by molar-refractivity contribution is -0.190. The van der Waals surface area contributed by atoms with Crippen molar-refractivity contribution in [3.63, 3.8) is 0 Å². The van der Waals surface area contributed by atoms with Gasteiger partial charge in [-0.3, -0.25) is 4.79 Å². The number of imide groups is 1. The van der Waals surface area contributed by atoms with Crippen molar-refractivity contribution < 1.29 is 23.8 Å². The van der Waals surface area contributed by atoms with Crippen LogP contribution in [0.1, 0.15) is 25.8 Å². The average Bonchev–Trinajstić information content (AvgIpc) is 3.84. The number of carbonyl (C=O) groups is 2. The van der Waals surface area contributed by atoms with Gasteiger partial charge in [0.2, 0.25) is 5.79 Å². The molecule has 12 nitrogen and oxygen atoms in total. The maximum absolute atomic E-state index is 12.9. The summed E-state index contributed by atoms with van der Waals surface area (Å²) >= 11 is 12.7. The van der Waals surface area contributed by atoms with E-state index in [4.69, 9.17) is 37.4 Å². The predicted molar refractivity (Wildman–Crippen MR) is 191 cm³/mol. The Morgan fingerprint density at radius 1 is 0.920 bits per heavy atom. The summed E-state index contributed by atoms with van der Waals surface area (Å²) in [6.45, 7) is 8.60. The zero-order chi connectivity index (χ0) is 34.8. The van der Waals surface area contributed by atoms with E-state index in [9.17, 15) is 9.59 Å². The van der Waals surface area contributed by atoms with Crippen molar-refractivity contribution in [3.8, 4) is 5.75 Å². The van der Waals surface area contributed by atoms with Crippen LogP contribution in [0.3, 0.4) is 0 Å². The summed E-state index contributed by atoms with van der Waals surface area (Å²) in [7, 11) is 0. The first kappa shape index (κ1) is 34.1. The predicted octanol–water partition coefficient (Wildman–Crippen LogP) is 5.83. The number of nitrogens with zero attached hydrogens (tertiary/aromatic N) is 7. The summed E-state index contributed by atoms with van der Waals surface area (Å²) in [4.78, 5) is 37.4. The van der Waals surface area contributed by atoms with Crippen molar-refractivity contribution >= 4 is 52.2 Å². The van der Waals surface area contributed by atoms with Crippen molar-refractivity contribution in [2.75, 3.05) is 60.6 Å². The number of halogens is 2. The summed E-state index contributed by atoms with van der Waals surface area (Å²) in [5.41, 5.74) is 3.45. The molecule has 4 aromatic rings. The minimum atomic E-state index is -1.17. The van der Waals surface area contributed by atoms with Crippen molar-refractivity contribution in [3.05, 3.63) is 95.0 Å². The monoisotopic (exact) mass is 719 g/mol. The molecule has 50 heavy (non-hydrogen) atoms. The Labute approximate surface area is 301 Å². The molecule has 1 unspecified atom stereocenters. The van der Waals surface area contributed by atoms with Gasteiger partial charge in [-0.15, -0.1) is 0 Å². The fourth-order valence-corrected chi connectivity index (χ4v) is 7.29. The molecule has 262 valence electrons. The third-order valence-corrected chi connectivity index (χ3v) is 9.92. The fourth-order valence-electron chi connectivity index (χ4n) is 6.74. The second-order valence-electron chi connectivity index (χ2n) is 12.6. The first-order valence-electron chi connectivity index (χ1n) is 16.8. The maximum Gasteiger partial charge on any atom is 0.332 e. The number of carbonyl (C=O) groups excluding carboxylic acids is 2. The Balaban J connectivity index is 0.919. The summed E-state index contributed by atoms with van der Waals surface area (Å²) in [5.74, 6) is -0.613. The molecule has 3 atom stereocenters. The molecule has 0 radical (unpaired) electrons. The number of hydrogen-bond acceptors (Lipinski definition) is 9. The quantitative estimate of drug-likeness (QED) is 0.177. The van der Waals surface area contributed by atoms with Gasteiger partial charge in [-0.1, -0.05) is 36.2 Å². The van der Waals surface area contributed by atoms with Gasteiger partial charge in [0.05, 0.1) is 17.3 Å². The van der Waals surface area contributed by atoms with Gasteiger partial charge in [-0.2, -0.15) is 5.10 Å². The van der Waals surface area contributed by atoms with Crippen LogP contribution >= 0.6 is 23.2 Å². The molecule has 14 heteroatoms. The van der Waals surface area contributed by atoms with Gasteiger partial charge in [0.1, 0.15) is 43.7 Å². The zero-order valence-corrected chi connectivity index (χ0v) is 29.5. The van der Waals surface area contributed by atoms with Gasteiger partial charge in [0, 0.05) is 54.7 Å². The smallest absolute Gasteiger partial charge is 0.332 e. The van der Waals surface area contributed by atoms with Gasteiger partial charge in [0.25, 0.3) is 5.91 Å². The van der Waals surface area contributed by atoms with E-state index in [1.165, 1.54) is 11.2 Å². The van der Waals surface area contributed by atoms with Crippen LogP contribution in [-0.2, 0) is 26.6 Å². The molecule has 3 fully saturated rings. The molecule has 3 amide bonds. The van der Waals surface area contributed by atoms with Gasteiger partial charge < -0.3 is 28.9 Å². The zero-order valence-electron chi connectivity index (χ0n) is 28.0. The molecule has 3 saturated heterocycles. The molecule has 0 saturated carbocycles.